The highest BCUT2D eigenvalue weighted by Crippen LogP contribution is 2.45. The van der Waals surface area contributed by atoms with Crippen molar-refractivity contribution in [3.8, 4) is 22.6 Å². The molecule has 3 fully saturated rings. The number of nitrogens with one attached hydrogen (secondary N) is 1. The molecule has 4 aliphatic heterocycles. The van der Waals surface area contributed by atoms with Crippen molar-refractivity contribution in [2.45, 2.75) is 51.7 Å². The summed E-state index contributed by atoms with van der Waals surface area (Å²) in [7, 11) is 5.18. The van der Waals surface area contributed by atoms with Crippen LogP contribution in [0.1, 0.15) is 52.0 Å². The van der Waals surface area contributed by atoms with Crippen LogP contribution in [0.5, 0.6) is 11.5 Å². The molecule has 2 aromatic carbocycles. The number of imide groups is 1. The second-order valence-electron chi connectivity index (χ2n) is 14.3. The molecule has 4 aromatic rings. The SMILES string of the molecule is COc1cc(-c2cn(C)c(=O)c3cc(C)sc23)cc(OC)c1CN1CCC2(CC1)CN(c1ccc3c(c1)C(=O)N(C1CCC(=O)NC1=O)C3)C2. The fraction of sp³-hybridized carbons (Fsp3) is 0.421. The van der Waals surface area contributed by atoms with Gasteiger partial charge in [0.1, 0.15) is 17.5 Å². The molecule has 8 rings (SSSR count). The molecule has 4 aliphatic rings. The Kier molecular flexibility index (Phi) is 7.98. The average molecular weight is 696 g/mol. The minimum atomic E-state index is -0.603. The van der Waals surface area contributed by atoms with Gasteiger partial charge in [-0.2, -0.15) is 0 Å². The summed E-state index contributed by atoms with van der Waals surface area (Å²) in [5.74, 6) is 0.740. The van der Waals surface area contributed by atoms with E-state index in [4.69, 9.17) is 9.47 Å². The van der Waals surface area contributed by atoms with Gasteiger partial charge in [-0.15, -0.1) is 11.3 Å². The Balaban J connectivity index is 0.930. The molecule has 3 amide bonds. The van der Waals surface area contributed by atoms with Gasteiger partial charge in [0, 0.05) is 77.7 Å². The number of hydrogen-bond donors (Lipinski definition) is 1. The van der Waals surface area contributed by atoms with E-state index in [1.54, 1.807) is 42.1 Å². The number of likely N-dealkylation sites (tertiary alicyclic amines) is 1. The Morgan fingerprint density at radius 1 is 0.960 bits per heavy atom. The van der Waals surface area contributed by atoms with Crippen LogP contribution < -0.4 is 25.2 Å². The smallest absolute Gasteiger partial charge is 0.259 e. The zero-order valence-corrected chi connectivity index (χ0v) is 29.7. The molecule has 0 saturated carbocycles. The number of pyridine rings is 1. The lowest BCUT2D eigenvalue weighted by Crippen LogP contribution is -2.60. The standard InChI is InChI=1S/C38H41N5O6S/c1-22-13-27-34(50-22)28(18-40(2)36(27)46)24-14-31(48-3)29(32(15-24)49-4)19-41-11-9-38(10-12-41)20-42(21-38)25-6-5-23-17-43(37(47)26(23)16-25)30-7-8-33(44)39-35(30)45/h5-6,13-16,18,30H,7-12,17,19-21H2,1-4H3,(H,39,44,45). The summed E-state index contributed by atoms with van der Waals surface area (Å²) in [6.07, 6.45) is 4.67. The number of fused-ring (bicyclic) bond motifs is 2. The summed E-state index contributed by atoms with van der Waals surface area (Å²) in [5, 5.41) is 3.10. The number of thiophene rings is 1. The van der Waals surface area contributed by atoms with Crippen LogP contribution in [0.2, 0.25) is 0 Å². The van der Waals surface area contributed by atoms with E-state index in [0.29, 0.717) is 25.1 Å². The highest BCUT2D eigenvalue weighted by molar-refractivity contribution is 7.19. The number of carbonyl (C=O) groups is 3. The third-order valence-corrected chi connectivity index (χ3v) is 12.2. The quantitative estimate of drug-likeness (QED) is 0.282. The number of nitrogens with zero attached hydrogens (tertiary/aromatic N) is 4. The molecule has 260 valence electrons. The van der Waals surface area contributed by atoms with Gasteiger partial charge in [-0.3, -0.25) is 29.4 Å². The van der Waals surface area contributed by atoms with Crippen LogP contribution in [0.25, 0.3) is 21.2 Å². The van der Waals surface area contributed by atoms with Crippen molar-refractivity contribution < 1.29 is 23.9 Å². The Bertz CT molecular complexity index is 2100. The van der Waals surface area contributed by atoms with Gasteiger partial charge in [0.05, 0.1) is 25.2 Å². The maximum Gasteiger partial charge on any atom is 0.259 e. The summed E-state index contributed by atoms with van der Waals surface area (Å²) in [6, 6.07) is 11.6. The van der Waals surface area contributed by atoms with Gasteiger partial charge in [-0.05, 0) is 80.7 Å². The van der Waals surface area contributed by atoms with Crippen molar-refractivity contribution in [1.82, 2.24) is 19.7 Å². The van der Waals surface area contributed by atoms with Crippen LogP contribution >= 0.6 is 11.3 Å². The second kappa shape index (κ2) is 12.3. The van der Waals surface area contributed by atoms with E-state index in [-0.39, 0.29) is 35.1 Å². The Hall–Kier alpha value is -4.68. The van der Waals surface area contributed by atoms with E-state index < -0.39 is 6.04 Å². The van der Waals surface area contributed by atoms with Crippen LogP contribution in [0.3, 0.4) is 0 Å². The highest BCUT2D eigenvalue weighted by atomic mass is 32.1. The minimum absolute atomic E-state index is 0.00172. The van der Waals surface area contributed by atoms with Crippen LogP contribution in [-0.4, -0.2) is 78.5 Å². The number of aryl methyl sites for hydroxylation is 2. The Morgan fingerprint density at radius 2 is 1.68 bits per heavy atom. The molecular formula is C38H41N5O6S. The summed E-state index contributed by atoms with van der Waals surface area (Å²) >= 11 is 1.63. The summed E-state index contributed by atoms with van der Waals surface area (Å²) in [4.78, 5) is 57.8. The first-order valence-electron chi connectivity index (χ1n) is 17.2. The number of aromatic nitrogens is 1. The third-order valence-electron chi connectivity index (χ3n) is 11.1. The Labute approximate surface area is 294 Å². The van der Waals surface area contributed by atoms with Gasteiger partial charge >= 0.3 is 0 Å². The van der Waals surface area contributed by atoms with E-state index in [1.807, 2.05) is 31.3 Å². The minimum Gasteiger partial charge on any atom is -0.496 e. The topological polar surface area (TPSA) is 113 Å². The number of amides is 3. The summed E-state index contributed by atoms with van der Waals surface area (Å²) in [5.41, 5.74) is 5.82. The molecule has 1 unspecified atom stereocenters. The van der Waals surface area contributed by atoms with Crippen molar-refractivity contribution >= 4 is 44.8 Å². The van der Waals surface area contributed by atoms with Gasteiger partial charge in [0.25, 0.3) is 11.5 Å². The lowest BCUT2D eigenvalue weighted by Gasteiger charge is -2.55. The molecule has 1 atom stereocenters. The molecule has 12 heteroatoms. The van der Waals surface area contributed by atoms with Crippen molar-refractivity contribution in [3.63, 3.8) is 0 Å². The van der Waals surface area contributed by atoms with Crippen molar-refractivity contribution in [1.29, 1.82) is 0 Å². The fourth-order valence-corrected chi connectivity index (χ4v) is 9.32. The first-order valence-corrected chi connectivity index (χ1v) is 18.0. The van der Waals surface area contributed by atoms with E-state index in [9.17, 15) is 19.2 Å². The predicted octanol–water partition coefficient (Wildman–Crippen LogP) is 4.46. The zero-order chi connectivity index (χ0) is 34.9. The van der Waals surface area contributed by atoms with E-state index in [2.05, 4.69) is 33.3 Å². The molecule has 1 spiro atoms. The average Bonchev–Trinajstić information content (AvgIpc) is 3.65. The fourth-order valence-electron chi connectivity index (χ4n) is 8.29. The number of methoxy groups -OCH3 is 2. The maximum absolute atomic E-state index is 13.4. The normalized spacial score (nSPS) is 20.3. The number of ether oxygens (including phenoxy) is 2. The van der Waals surface area contributed by atoms with Crippen molar-refractivity contribution in [2.24, 2.45) is 12.5 Å². The molecule has 11 nitrogen and oxygen atoms in total. The van der Waals surface area contributed by atoms with Gasteiger partial charge in [0.2, 0.25) is 11.8 Å². The zero-order valence-electron chi connectivity index (χ0n) is 28.8. The molecule has 0 bridgehead atoms. The molecule has 0 aliphatic carbocycles. The third kappa shape index (κ3) is 5.45. The number of benzene rings is 2. The predicted molar refractivity (Wildman–Crippen MR) is 192 cm³/mol. The van der Waals surface area contributed by atoms with Crippen LogP contribution in [0.4, 0.5) is 5.69 Å². The summed E-state index contributed by atoms with van der Waals surface area (Å²) < 4.78 is 14.5. The van der Waals surface area contributed by atoms with E-state index in [0.717, 1.165) is 93.4 Å². The van der Waals surface area contributed by atoms with Crippen LogP contribution in [-0.2, 0) is 29.7 Å². The number of piperidine rings is 2. The van der Waals surface area contributed by atoms with Gasteiger partial charge < -0.3 is 23.8 Å². The molecule has 0 radical (unpaired) electrons. The van der Waals surface area contributed by atoms with Crippen molar-refractivity contribution in [2.75, 3.05) is 45.3 Å². The first kappa shape index (κ1) is 32.5. The highest BCUT2D eigenvalue weighted by Gasteiger charge is 2.46. The number of anilines is 1. The first-order chi connectivity index (χ1) is 24.1. The van der Waals surface area contributed by atoms with Gasteiger partial charge in [0.15, 0.2) is 0 Å². The number of rotatable bonds is 7. The molecular weight excluding hydrogens is 655 g/mol. The van der Waals surface area contributed by atoms with Crippen LogP contribution in [0.15, 0.2) is 47.4 Å². The Morgan fingerprint density at radius 3 is 2.36 bits per heavy atom. The lowest BCUT2D eigenvalue weighted by atomic mass is 9.71. The lowest BCUT2D eigenvalue weighted by molar-refractivity contribution is -0.136. The van der Waals surface area contributed by atoms with Crippen LogP contribution in [0, 0.1) is 12.3 Å². The summed E-state index contributed by atoms with van der Waals surface area (Å²) in [6.45, 7) is 6.94. The molecule has 50 heavy (non-hydrogen) atoms. The molecule has 6 heterocycles. The maximum atomic E-state index is 13.4. The molecule has 3 saturated heterocycles. The van der Waals surface area contributed by atoms with E-state index >= 15 is 0 Å². The van der Waals surface area contributed by atoms with Gasteiger partial charge in [-0.1, -0.05) is 6.07 Å². The molecule has 1 N–H and O–H groups in total. The largest absolute Gasteiger partial charge is 0.496 e. The van der Waals surface area contributed by atoms with E-state index in [1.165, 1.54) is 0 Å². The van der Waals surface area contributed by atoms with Gasteiger partial charge in [-0.25, -0.2) is 0 Å². The molecule has 2 aromatic heterocycles. The van der Waals surface area contributed by atoms with Crippen molar-refractivity contribution in [3.05, 3.63) is 74.5 Å². The monoisotopic (exact) mass is 695 g/mol. The second-order valence-corrected chi connectivity index (χ2v) is 15.5. The number of hydrogen-bond acceptors (Lipinski definition) is 9. The number of carbonyl (C=O) groups excluding carboxylic acids is 3.